The second-order valence-corrected chi connectivity index (χ2v) is 6.84. The number of primary amides is 2. The van der Waals surface area contributed by atoms with Gasteiger partial charge in [0.15, 0.2) is 0 Å². The number of hydrogen-bond acceptors (Lipinski definition) is 5. The Balaban J connectivity index is 2.00. The number of carbonyl (C=O) groups is 4. The largest absolute Gasteiger partial charge is 0.418 e. The normalized spacial score (nSPS) is 11.2. The molecule has 9 nitrogen and oxygen atoms in total. The van der Waals surface area contributed by atoms with Gasteiger partial charge in [0.2, 0.25) is 23.6 Å². The Hall–Kier alpha value is -3.93. The van der Waals surface area contributed by atoms with Gasteiger partial charge in [-0.15, -0.1) is 0 Å². The van der Waals surface area contributed by atoms with Gasteiger partial charge >= 0.3 is 6.18 Å². The number of likely N-dealkylation sites (N-methyl/N-ethyl adjacent to an activating group) is 1. The SMILES string of the molecule is CN(CC(=O)Nc1cc(C(N)=O)cc(C(N)=O)c1)CC(=O)Nc1ccccc1C(F)(F)F. The molecule has 0 atom stereocenters. The van der Waals surface area contributed by atoms with Crippen LogP contribution >= 0.6 is 0 Å². The van der Waals surface area contributed by atoms with Crippen LogP contribution < -0.4 is 22.1 Å². The summed E-state index contributed by atoms with van der Waals surface area (Å²) in [4.78, 5) is 48.4. The van der Waals surface area contributed by atoms with Crippen LogP contribution in [0.3, 0.4) is 0 Å². The summed E-state index contributed by atoms with van der Waals surface area (Å²) in [6, 6.07) is 8.17. The third-order valence-electron chi connectivity index (χ3n) is 4.12. The van der Waals surface area contributed by atoms with Crippen LogP contribution in [0, 0.1) is 0 Å². The maximum atomic E-state index is 13.0. The van der Waals surface area contributed by atoms with E-state index in [4.69, 9.17) is 11.5 Å². The van der Waals surface area contributed by atoms with Crippen LogP contribution in [-0.2, 0) is 15.8 Å². The Morgan fingerprint density at radius 3 is 1.88 bits per heavy atom. The van der Waals surface area contributed by atoms with E-state index < -0.39 is 41.1 Å². The lowest BCUT2D eigenvalue weighted by molar-refractivity contribution is -0.137. The summed E-state index contributed by atoms with van der Waals surface area (Å²) in [6.45, 7) is -0.700. The Morgan fingerprint density at radius 1 is 0.875 bits per heavy atom. The van der Waals surface area contributed by atoms with Gasteiger partial charge < -0.3 is 22.1 Å². The molecule has 0 heterocycles. The first kappa shape index (κ1) is 24.3. The highest BCUT2D eigenvalue weighted by atomic mass is 19.4. The van der Waals surface area contributed by atoms with Gasteiger partial charge in [-0.25, -0.2) is 0 Å². The van der Waals surface area contributed by atoms with E-state index in [9.17, 15) is 32.3 Å². The molecule has 0 aliphatic carbocycles. The molecule has 0 spiro atoms. The number of nitrogens with one attached hydrogen (secondary N) is 2. The molecule has 170 valence electrons. The zero-order valence-corrected chi connectivity index (χ0v) is 16.8. The van der Waals surface area contributed by atoms with Gasteiger partial charge in [0.05, 0.1) is 24.3 Å². The number of halogens is 3. The first-order chi connectivity index (χ1) is 14.9. The van der Waals surface area contributed by atoms with E-state index in [-0.39, 0.29) is 29.9 Å². The topological polar surface area (TPSA) is 148 Å². The van der Waals surface area contributed by atoms with Gasteiger partial charge in [0.25, 0.3) is 0 Å². The van der Waals surface area contributed by atoms with Gasteiger partial charge in [-0.2, -0.15) is 13.2 Å². The zero-order chi connectivity index (χ0) is 24.1. The van der Waals surface area contributed by atoms with Crippen LogP contribution in [0.5, 0.6) is 0 Å². The van der Waals surface area contributed by atoms with E-state index in [1.165, 1.54) is 42.3 Å². The van der Waals surface area contributed by atoms with Crippen molar-refractivity contribution in [2.24, 2.45) is 11.5 Å². The molecule has 0 bridgehead atoms. The van der Waals surface area contributed by atoms with Crippen molar-refractivity contribution in [2.45, 2.75) is 6.18 Å². The molecule has 0 radical (unpaired) electrons. The van der Waals surface area contributed by atoms with Gasteiger partial charge in [-0.1, -0.05) is 12.1 Å². The van der Waals surface area contributed by atoms with Crippen LogP contribution in [0.4, 0.5) is 24.5 Å². The van der Waals surface area contributed by atoms with Crippen molar-refractivity contribution in [3.63, 3.8) is 0 Å². The van der Waals surface area contributed by atoms with Gasteiger partial charge in [0, 0.05) is 16.8 Å². The summed E-state index contributed by atoms with van der Waals surface area (Å²) >= 11 is 0. The number of anilines is 2. The van der Waals surface area contributed by atoms with Crippen LogP contribution in [-0.4, -0.2) is 48.7 Å². The molecule has 2 rings (SSSR count). The van der Waals surface area contributed by atoms with E-state index in [0.29, 0.717) is 0 Å². The van der Waals surface area contributed by atoms with Crippen molar-refractivity contribution < 1.29 is 32.3 Å². The van der Waals surface area contributed by atoms with Crippen LogP contribution in [0.25, 0.3) is 0 Å². The highest BCUT2D eigenvalue weighted by Crippen LogP contribution is 2.34. The Morgan fingerprint density at radius 2 is 1.38 bits per heavy atom. The first-order valence-corrected chi connectivity index (χ1v) is 9.06. The van der Waals surface area contributed by atoms with E-state index in [1.807, 2.05) is 0 Å². The standard InChI is InChI=1S/C20H20F3N5O4/c1-28(10-17(30)27-15-5-3-2-4-14(15)20(21,22)23)9-16(29)26-13-7-11(18(24)31)6-12(8-13)19(25)32/h2-8H,9-10H2,1H3,(H2,24,31)(H2,25,32)(H,26,29)(H,27,30). The number of carbonyl (C=O) groups excluding carboxylic acids is 4. The molecule has 12 heteroatoms. The average Bonchev–Trinajstić information content (AvgIpc) is 2.66. The second kappa shape index (κ2) is 9.92. The number of amides is 4. The van der Waals surface area contributed by atoms with Crippen molar-refractivity contribution in [2.75, 3.05) is 30.8 Å². The molecule has 0 unspecified atom stereocenters. The summed E-state index contributed by atoms with van der Waals surface area (Å²) in [5, 5.41) is 4.61. The summed E-state index contributed by atoms with van der Waals surface area (Å²) < 4.78 is 39.1. The number of hydrogen-bond donors (Lipinski definition) is 4. The van der Waals surface area contributed by atoms with Crippen molar-refractivity contribution >= 4 is 35.0 Å². The fourth-order valence-electron chi connectivity index (χ4n) is 2.76. The quantitative estimate of drug-likeness (QED) is 0.479. The Bertz CT molecular complexity index is 1020. The van der Waals surface area contributed by atoms with Crippen LogP contribution in [0.2, 0.25) is 0 Å². The summed E-state index contributed by atoms with van der Waals surface area (Å²) in [6.07, 6.45) is -4.64. The lowest BCUT2D eigenvalue weighted by Crippen LogP contribution is -2.36. The lowest BCUT2D eigenvalue weighted by atomic mass is 10.1. The first-order valence-electron chi connectivity index (χ1n) is 9.06. The van der Waals surface area contributed by atoms with Crippen LogP contribution in [0.15, 0.2) is 42.5 Å². The fraction of sp³-hybridized carbons (Fsp3) is 0.200. The molecule has 32 heavy (non-hydrogen) atoms. The Kier molecular flexibility index (Phi) is 7.54. The molecule has 2 aromatic rings. The van der Waals surface area contributed by atoms with Crippen LogP contribution in [0.1, 0.15) is 26.3 Å². The third kappa shape index (κ3) is 6.80. The van der Waals surface area contributed by atoms with E-state index >= 15 is 0 Å². The minimum atomic E-state index is -4.64. The number of para-hydroxylation sites is 1. The molecule has 0 aliphatic rings. The van der Waals surface area contributed by atoms with E-state index in [1.54, 1.807) is 0 Å². The monoisotopic (exact) mass is 451 g/mol. The number of rotatable bonds is 8. The highest BCUT2D eigenvalue weighted by molar-refractivity contribution is 6.02. The van der Waals surface area contributed by atoms with Crippen molar-refractivity contribution in [1.82, 2.24) is 4.90 Å². The summed E-state index contributed by atoms with van der Waals surface area (Å²) in [5.74, 6) is -3.05. The predicted molar refractivity (Wildman–Crippen MR) is 110 cm³/mol. The molecular formula is C20H20F3N5O4. The van der Waals surface area contributed by atoms with Gasteiger partial charge in [0.1, 0.15) is 0 Å². The maximum Gasteiger partial charge on any atom is 0.418 e. The van der Waals surface area contributed by atoms with Gasteiger partial charge in [-0.05, 0) is 37.4 Å². The maximum absolute atomic E-state index is 13.0. The van der Waals surface area contributed by atoms with Crippen molar-refractivity contribution in [3.05, 3.63) is 59.2 Å². The van der Waals surface area contributed by atoms with E-state index in [0.717, 1.165) is 12.1 Å². The molecule has 0 aromatic heterocycles. The molecule has 6 N–H and O–H groups in total. The zero-order valence-electron chi connectivity index (χ0n) is 16.8. The number of nitrogens with two attached hydrogens (primary N) is 2. The number of alkyl halides is 3. The molecule has 0 saturated carbocycles. The minimum Gasteiger partial charge on any atom is -0.366 e. The predicted octanol–water partition coefficient (Wildman–Crippen LogP) is 1.41. The second-order valence-electron chi connectivity index (χ2n) is 6.84. The number of nitrogens with zero attached hydrogens (tertiary/aromatic N) is 1. The Labute approximate surface area is 180 Å². The smallest absolute Gasteiger partial charge is 0.366 e. The highest BCUT2D eigenvalue weighted by Gasteiger charge is 2.33. The lowest BCUT2D eigenvalue weighted by Gasteiger charge is -2.18. The van der Waals surface area contributed by atoms with Crippen molar-refractivity contribution in [3.8, 4) is 0 Å². The summed E-state index contributed by atoms with van der Waals surface area (Å²) in [7, 11) is 1.41. The average molecular weight is 451 g/mol. The molecule has 0 saturated heterocycles. The van der Waals surface area contributed by atoms with Gasteiger partial charge in [-0.3, -0.25) is 24.1 Å². The molecule has 0 fully saturated rings. The van der Waals surface area contributed by atoms with Crippen molar-refractivity contribution in [1.29, 1.82) is 0 Å². The minimum absolute atomic E-state index is 0.0485. The molecule has 4 amide bonds. The fourth-order valence-corrected chi connectivity index (χ4v) is 2.76. The molecule has 2 aromatic carbocycles. The number of benzene rings is 2. The molecule has 0 aliphatic heterocycles. The third-order valence-corrected chi connectivity index (χ3v) is 4.12. The van der Waals surface area contributed by atoms with E-state index in [2.05, 4.69) is 10.6 Å². The molecular weight excluding hydrogens is 431 g/mol. The summed E-state index contributed by atoms with van der Waals surface area (Å²) in [5.41, 5.74) is 8.98.